The Labute approximate surface area is 273 Å². The van der Waals surface area contributed by atoms with Gasteiger partial charge in [-0.15, -0.1) is 0 Å². The number of carbonyl (C=O) groups is 3. The average Bonchev–Trinajstić information content (AvgIpc) is 3.27. The highest BCUT2D eigenvalue weighted by molar-refractivity contribution is 6.00. The number of ether oxygens (including phenoxy) is 4. The van der Waals surface area contributed by atoms with E-state index in [-0.39, 0.29) is 23.8 Å². The highest BCUT2D eigenvalue weighted by atomic mass is 16.7. The van der Waals surface area contributed by atoms with E-state index in [4.69, 9.17) is 24.5 Å². The number of rotatable bonds is 9. The number of nitrogens with zero attached hydrogens (tertiary/aromatic N) is 5. The lowest BCUT2D eigenvalue weighted by atomic mass is 9.79. The molecule has 260 valence electrons. The largest absolute Gasteiger partial charge is 0.458 e. The van der Waals surface area contributed by atoms with Gasteiger partial charge in [0.2, 0.25) is 0 Å². The second-order valence-corrected chi connectivity index (χ2v) is 13.7. The molecule has 2 fully saturated rings. The van der Waals surface area contributed by atoms with E-state index in [9.17, 15) is 19.5 Å². The molecule has 3 aliphatic rings. The van der Waals surface area contributed by atoms with Crippen LogP contribution in [0, 0.1) is 17.8 Å². The predicted octanol–water partition coefficient (Wildman–Crippen LogP) is 5.01. The maximum absolute atomic E-state index is 13.9. The van der Waals surface area contributed by atoms with Gasteiger partial charge in [0.1, 0.15) is 18.1 Å². The molecular weight excluding hydrogens is 594 g/mol. The Morgan fingerprint density at radius 2 is 1.89 bits per heavy atom. The molecule has 1 amide bonds. The molecule has 1 N–H and O–H groups in total. The maximum Gasteiger partial charge on any atom is 0.410 e. The van der Waals surface area contributed by atoms with Crippen LogP contribution in [0.1, 0.15) is 87.0 Å². The minimum atomic E-state index is -1.14. The number of azide groups is 1. The lowest BCUT2D eigenvalue weighted by Crippen LogP contribution is -2.56. The van der Waals surface area contributed by atoms with E-state index < -0.39 is 60.1 Å². The van der Waals surface area contributed by atoms with Crippen LogP contribution >= 0.6 is 0 Å². The Morgan fingerprint density at radius 1 is 1.20 bits per heavy atom. The van der Waals surface area contributed by atoms with Crippen LogP contribution in [0.15, 0.2) is 16.8 Å². The molecule has 3 rings (SSSR count). The van der Waals surface area contributed by atoms with Gasteiger partial charge in [0, 0.05) is 30.0 Å². The van der Waals surface area contributed by atoms with Crippen molar-refractivity contribution in [3.05, 3.63) is 22.1 Å². The summed E-state index contributed by atoms with van der Waals surface area (Å²) in [7, 11) is 3.80. The van der Waals surface area contributed by atoms with Crippen LogP contribution in [-0.2, 0) is 28.5 Å². The molecular formula is C33H55N5O8. The number of esters is 1. The number of fused-ring (bicyclic) bond motifs is 1. The topological polar surface area (TPSA) is 164 Å². The van der Waals surface area contributed by atoms with Gasteiger partial charge in [-0.3, -0.25) is 9.59 Å². The summed E-state index contributed by atoms with van der Waals surface area (Å²) in [5, 5.41) is 14.8. The van der Waals surface area contributed by atoms with Gasteiger partial charge >= 0.3 is 12.1 Å². The van der Waals surface area contributed by atoms with Crippen LogP contribution in [0.5, 0.6) is 0 Å². The second-order valence-electron chi connectivity index (χ2n) is 13.7. The summed E-state index contributed by atoms with van der Waals surface area (Å²) >= 11 is 0. The highest BCUT2D eigenvalue weighted by Crippen LogP contribution is 2.41. The van der Waals surface area contributed by atoms with Crippen molar-refractivity contribution in [1.82, 2.24) is 9.80 Å². The molecule has 3 aliphatic heterocycles. The van der Waals surface area contributed by atoms with E-state index in [1.807, 2.05) is 52.8 Å². The van der Waals surface area contributed by atoms with Crippen molar-refractivity contribution >= 4 is 17.8 Å². The Bertz CT molecular complexity index is 1160. The second kappa shape index (κ2) is 16.4. The molecule has 0 aliphatic carbocycles. The summed E-state index contributed by atoms with van der Waals surface area (Å²) in [6, 6.07) is -0.586. The third kappa shape index (κ3) is 8.41. The number of Topliss-reactive ketones (excluding diaryl/α,β-unsaturated/α-hetero) is 1. The summed E-state index contributed by atoms with van der Waals surface area (Å²) in [5.41, 5.74) is 8.27. The van der Waals surface area contributed by atoms with Gasteiger partial charge in [0.05, 0.1) is 18.2 Å². The van der Waals surface area contributed by atoms with Crippen LogP contribution in [0.25, 0.3) is 10.4 Å². The van der Waals surface area contributed by atoms with Gasteiger partial charge in [0.15, 0.2) is 17.7 Å². The summed E-state index contributed by atoms with van der Waals surface area (Å²) < 4.78 is 24.6. The van der Waals surface area contributed by atoms with Gasteiger partial charge in [-0.05, 0) is 97.3 Å². The zero-order chi connectivity index (χ0) is 34.3. The lowest BCUT2D eigenvalue weighted by molar-refractivity contribution is -0.267. The standard InChI is InChI=1S/C33H55N5O8/c1-10-25-33(7)29(38(32(42)46-33)17-12-11-16-35-36-34)20(3)15-13-14-19(2)28(22(5)26(39)23(6)30(41)44-25)45-31-27(40)24(37(8)9)18-21(4)43-31/h14,20-25,27-29,31,40H,10-13,15-18H2,1-9H3/b19-14+/t20-,21+,22-,23+,24?,25+,27?,28-,29+,31-,33+/m0/s1. The molecule has 11 atom stereocenters. The normalized spacial score (nSPS) is 39.1. The third-order valence-electron chi connectivity index (χ3n) is 10.0. The Morgan fingerprint density at radius 3 is 2.52 bits per heavy atom. The first-order chi connectivity index (χ1) is 21.7. The monoisotopic (exact) mass is 649 g/mol. The predicted molar refractivity (Wildman–Crippen MR) is 172 cm³/mol. The first-order valence-corrected chi connectivity index (χ1v) is 16.7. The number of ketones is 1. The number of cyclic esters (lactones) is 1. The van der Waals surface area contributed by atoms with Gasteiger partial charge in [-0.1, -0.05) is 32.0 Å². The Kier molecular flexibility index (Phi) is 13.5. The van der Waals surface area contributed by atoms with E-state index in [1.165, 1.54) is 6.92 Å². The van der Waals surface area contributed by atoms with Gasteiger partial charge in [-0.25, -0.2) is 4.79 Å². The van der Waals surface area contributed by atoms with Crippen molar-refractivity contribution in [3.63, 3.8) is 0 Å². The summed E-state index contributed by atoms with van der Waals surface area (Å²) in [4.78, 5) is 47.2. The molecule has 0 saturated carbocycles. The number of allylic oxidation sites excluding steroid dienone is 1. The summed E-state index contributed by atoms with van der Waals surface area (Å²) in [6.07, 6.45) is 1.56. The average molecular weight is 650 g/mol. The molecule has 0 aromatic carbocycles. The molecule has 0 aromatic rings. The van der Waals surface area contributed by atoms with Gasteiger partial charge in [0.25, 0.3) is 0 Å². The SMILES string of the molecule is CC[C@H]1OC(=O)[C@H](C)C(=O)[C@H](C)[C@@H](O[C@@H]2O[C@H](C)CC(N(C)C)C2O)/C(C)=C/CC[C@H](C)[C@H]2N(CCCCN=[N+]=[N-])C(=O)O[C@]12C. The number of aliphatic hydroxyl groups excluding tert-OH is 1. The molecule has 0 aromatic heterocycles. The van der Waals surface area contributed by atoms with Crippen molar-refractivity contribution < 1.29 is 38.4 Å². The summed E-state index contributed by atoms with van der Waals surface area (Å²) in [6.45, 7) is 13.6. The number of likely N-dealkylation sites (N-methyl/N-ethyl adjacent to an activating group) is 1. The van der Waals surface area contributed by atoms with Crippen molar-refractivity contribution in [2.45, 2.75) is 135 Å². The van der Waals surface area contributed by atoms with Crippen molar-refractivity contribution in [2.75, 3.05) is 27.2 Å². The molecule has 0 bridgehead atoms. The number of carbonyl (C=O) groups excluding carboxylic acids is 3. The zero-order valence-corrected chi connectivity index (χ0v) is 29.0. The molecule has 0 radical (unpaired) electrons. The van der Waals surface area contributed by atoms with E-state index >= 15 is 0 Å². The number of hydrogen-bond donors (Lipinski definition) is 1. The number of aliphatic hydroxyl groups is 1. The summed E-state index contributed by atoms with van der Waals surface area (Å²) in [5.74, 6) is -2.93. The third-order valence-corrected chi connectivity index (χ3v) is 10.0. The molecule has 13 nitrogen and oxygen atoms in total. The van der Waals surface area contributed by atoms with E-state index in [0.29, 0.717) is 51.6 Å². The first-order valence-electron chi connectivity index (χ1n) is 16.7. The number of hydrogen-bond acceptors (Lipinski definition) is 10. The lowest BCUT2D eigenvalue weighted by Gasteiger charge is -2.43. The van der Waals surface area contributed by atoms with Crippen LogP contribution in [0.4, 0.5) is 4.79 Å². The van der Waals surface area contributed by atoms with Crippen LogP contribution in [-0.4, -0.2) is 108 Å². The maximum atomic E-state index is 13.9. The van der Waals surface area contributed by atoms with Crippen LogP contribution < -0.4 is 0 Å². The van der Waals surface area contributed by atoms with E-state index in [1.54, 1.807) is 11.8 Å². The van der Waals surface area contributed by atoms with Gasteiger partial charge in [-0.2, -0.15) is 0 Å². The Hall–Kier alpha value is -2.70. The highest BCUT2D eigenvalue weighted by Gasteiger charge is 2.58. The minimum absolute atomic E-state index is 0.0469. The molecule has 0 spiro atoms. The zero-order valence-electron chi connectivity index (χ0n) is 29.0. The van der Waals surface area contributed by atoms with Crippen LogP contribution in [0.3, 0.4) is 0 Å². The molecule has 3 heterocycles. The van der Waals surface area contributed by atoms with Crippen LogP contribution in [0.2, 0.25) is 0 Å². The smallest absolute Gasteiger partial charge is 0.410 e. The van der Waals surface area contributed by atoms with E-state index in [0.717, 1.165) is 5.57 Å². The molecule has 2 saturated heterocycles. The van der Waals surface area contributed by atoms with Crippen molar-refractivity contribution in [3.8, 4) is 0 Å². The fourth-order valence-corrected chi connectivity index (χ4v) is 7.37. The van der Waals surface area contributed by atoms with E-state index in [2.05, 4.69) is 16.9 Å². The fraction of sp³-hybridized carbons (Fsp3) is 0.848. The molecule has 2 unspecified atom stereocenters. The number of amides is 1. The first kappa shape index (κ1) is 37.8. The Balaban J connectivity index is 1.97. The quantitative estimate of drug-likeness (QED) is 0.0688. The van der Waals surface area contributed by atoms with Crippen molar-refractivity contribution in [2.24, 2.45) is 22.9 Å². The fourth-order valence-electron chi connectivity index (χ4n) is 7.37. The molecule has 46 heavy (non-hydrogen) atoms. The van der Waals surface area contributed by atoms with Gasteiger partial charge < -0.3 is 33.9 Å². The molecule has 13 heteroatoms. The number of unbranched alkanes of at least 4 members (excludes halogenated alkanes) is 1. The van der Waals surface area contributed by atoms with Crippen molar-refractivity contribution in [1.29, 1.82) is 0 Å². The minimum Gasteiger partial charge on any atom is -0.458 e.